The summed E-state index contributed by atoms with van der Waals surface area (Å²) in [6.07, 6.45) is 3.24. The quantitative estimate of drug-likeness (QED) is 0.675. The van der Waals surface area contributed by atoms with Gasteiger partial charge in [-0.1, -0.05) is 20.3 Å². The molecule has 2 bridgehead atoms. The highest BCUT2D eigenvalue weighted by molar-refractivity contribution is 5.91. The van der Waals surface area contributed by atoms with Gasteiger partial charge in [0.1, 0.15) is 5.78 Å². The second kappa shape index (κ2) is 4.86. The Labute approximate surface area is 148 Å². The predicted octanol–water partition coefficient (Wildman–Crippen LogP) is 2.38. The van der Waals surface area contributed by atoms with Gasteiger partial charge in [-0.2, -0.15) is 0 Å². The van der Waals surface area contributed by atoms with Gasteiger partial charge in [-0.05, 0) is 51.4 Å². The number of carbonyl (C=O) groups is 2. The van der Waals surface area contributed by atoms with Crippen molar-refractivity contribution in [1.29, 1.82) is 0 Å². The smallest absolute Gasteiger partial charge is 0.309 e. The summed E-state index contributed by atoms with van der Waals surface area (Å²) < 4.78 is 0. The van der Waals surface area contributed by atoms with Crippen LogP contribution in [0, 0.1) is 34.0 Å². The van der Waals surface area contributed by atoms with E-state index in [1.165, 1.54) is 0 Å². The van der Waals surface area contributed by atoms with Crippen LogP contribution in [-0.4, -0.2) is 38.8 Å². The number of aliphatic carboxylic acids is 1. The van der Waals surface area contributed by atoms with Crippen molar-refractivity contribution in [2.75, 3.05) is 0 Å². The van der Waals surface area contributed by atoms with Crippen molar-refractivity contribution in [3.63, 3.8) is 0 Å². The summed E-state index contributed by atoms with van der Waals surface area (Å²) in [5.74, 6) is -1.12. The first-order valence-corrected chi connectivity index (χ1v) is 9.72. The summed E-state index contributed by atoms with van der Waals surface area (Å²) in [5.41, 5.74) is -3.91. The number of fused-ring (bicyclic) bond motifs is 3. The third kappa shape index (κ3) is 1.72. The van der Waals surface area contributed by atoms with Crippen molar-refractivity contribution in [3.05, 3.63) is 0 Å². The Morgan fingerprint density at radius 3 is 2.48 bits per heavy atom. The maximum Gasteiger partial charge on any atom is 0.309 e. The average molecular weight is 350 g/mol. The van der Waals surface area contributed by atoms with E-state index in [4.69, 9.17) is 0 Å². The zero-order valence-corrected chi connectivity index (χ0v) is 15.4. The number of rotatable bonds is 1. The van der Waals surface area contributed by atoms with Crippen LogP contribution in [0.5, 0.6) is 0 Å². The SMILES string of the molecule is CC1C(=O)C23CC(O)C4C(C)(C(=O)O)CCCC4(C)C2(O)CCC1C3. The standard InChI is InChI=1S/C20H30O5/c1-11-12-5-8-20(25)18(3)7-4-6-17(2,16(23)24)14(18)13(21)10-19(20,9-12)15(11)22/h11-14,21,25H,4-10H2,1-3H3,(H,23,24). The Balaban J connectivity index is 1.90. The number of aliphatic hydroxyl groups excluding tert-OH is 1. The van der Waals surface area contributed by atoms with Crippen molar-refractivity contribution in [2.24, 2.45) is 34.0 Å². The van der Waals surface area contributed by atoms with Crippen molar-refractivity contribution in [1.82, 2.24) is 0 Å². The molecular formula is C20H30O5. The third-order valence-corrected chi connectivity index (χ3v) is 9.01. The van der Waals surface area contributed by atoms with E-state index >= 15 is 0 Å². The van der Waals surface area contributed by atoms with E-state index < -0.39 is 39.8 Å². The maximum atomic E-state index is 13.2. The molecule has 4 rings (SSSR count). The van der Waals surface area contributed by atoms with Gasteiger partial charge in [-0.25, -0.2) is 0 Å². The second-order valence-corrected chi connectivity index (χ2v) is 9.84. The second-order valence-electron chi connectivity index (χ2n) is 9.84. The lowest BCUT2D eigenvalue weighted by Gasteiger charge is -2.68. The van der Waals surface area contributed by atoms with Gasteiger partial charge in [0.25, 0.3) is 0 Å². The number of aliphatic hydroxyl groups is 2. The molecule has 1 spiro atoms. The summed E-state index contributed by atoms with van der Waals surface area (Å²) in [6, 6.07) is 0. The van der Waals surface area contributed by atoms with E-state index in [9.17, 15) is 24.9 Å². The summed E-state index contributed by atoms with van der Waals surface area (Å²) in [7, 11) is 0. The van der Waals surface area contributed by atoms with Gasteiger partial charge in [-0.3, -0.25) is 9.59 Å². The Kier molecular flexibility index (Phi) is 3.40. The molecule has 25 heavy (non-hydrogen) atoms. The number of carboxylic acid groups (broad SMARTS) is 1. The molecule has 4 aliphatic carbocycles. The zero-order chi connectivity index (χ0) is 18.4. The van der Waals surface area contributed by atoms with E-state index in [1.54, 1.807) is 6.92 Å². The summed E-state index contributed by atoms with van der Waals surface area (Å²) in [5, 5.41) is 33.0. The van der Waals surface area contributed by atoms with Gasteiger partial charge >= 0.3 is 5.97 Å². The lowest BCUT2D eigenvalue weighted by Crippen LogP contribution is -2.73. The molecule has 0 radical (unpaired) electrons. The molecule has 0 heterocycles. The molecule has 0 aromatic heterocycles. The lowest BCUT2D eigenvalue weighted by molar-refractivity contribution is -0.280. The summed E-state index contributed by atoms with van der Waals surface area (Å²) in [4.78, 5) is 25.3. The minimum absolute atomic E-state index is 0.0733. The molecule has 0 aliphatic heterocycles. The first-order chi connectivity index (χ1) is 11.5. The third-order valence-electron chi connectivity index (χ3n) is 9.01. The molecule has 8 unspecified atom stereocenters. The molecule has 0 aromatic rings. The average Bonchev–Trinajstić information content (AvgIpc) is 2.73. The molecule has 0 saturated heterocycles. The van der Waals surface area contributed by atoms with Crippen LogP contribution in [0.3, 0.4) is 0 Å². The molecular weight excluding hydrogens is 320 g/mol. The molecule has 5 heteroatoms. The van der Waals surface area contributed by atoms with Gasteiger partial charge < -0.3 is 15.3 Å². The van der Waals surface area contributed by atoms with E-state index in [2.05, 4.69) is 0 Å². The fourth-order valence-electron chi connectivity index (χ4n) is 7.78. The fourth-order valence-corrected chi connectivity index (χ4v) is 7.78. The van der Waals surface area contributed by atoms with Crippen molar-refractivity contribution in [2.45, 2.75) is 77.4 Å². The van der Waals surface area contributed by atoms with Crippen LogP contribution in [-0.2, 0) is 9.59 Å². The minimum Gasteiger partial charge on any atom is -0.481 e. The van der Waals surface area contributed by atoms with Crippen molar-refractivity contribution < 1.29 is 24.9 Å². The van der Waals surface area contributed by atoms with Crippen molar-refractivity contribution >= 4 is 11.8 Å². The number of Topliss-reactive ketones (excluding diaryl/α,β-unsaturated/α-hetero) is 1. The highest BCUT2D eigenvalue weighted by Gasteiger charge is 2.77. The Morgan fingerprint density at radius 1 is 1.16 bits per heavy atom. The highest BCUT2D eigenvalue weighted by atomic mass is 16.4. The zero-order valence-electron chi connectivity index (χ0n) is 15.4. The van der Waals surface area contributed by atoms with Crippen LogP contribution >= 0.6 is 0 Å². The molecule has 5 nitrogen and oxygen atoms in total. The predicted molar refractivity (Wildman–Crippen MR) is 90.7 cm³/mol. The molecule has 4 aliphatic rings. The fraction of sp³-hybridized carbons (Fsp3) is 0.900. The first-order valence-electron chi connectivity index (χ1n) is 9.72. The van der Waals surface area contributed by atoms with E-state index in [0.717, 1.165) is 6.42 Å². The molecule has 8 atom stereocenters. The topological polar surface area (TPSA) is 94.8 Å². The number of hydrogen-bond donors (Lipinski definition) is 3. The molecule has 0 amide bonds. The molecule has 4 fully saturated rings. The van der Waals surface area contributed by atoms with Crippen LogP contribution in [0.25, 0.3) is 0 Å². The van der Waals surface area contributed by atoms with Crippen molar-refractivity contribution in [3.8, 4) is 0 Å². The normalized spacial score (nSPS) is 57.7. The number of ketones is 1. The van der Waals surface area contributed by atoms with Gasteiger partial charge in [0.2, 0.25) is 0 Å². The first kappa shape index (κ1) is 17.5. The van der Waals surface area contributed by atoms with Gasteiger partial charge in [0.05, 0.1) is 22.5 Å². The molecule has 3 N–H and O–H groups in total. The van der Waals surface area contributed by atoms with E-state index in [-0.39, 0.29) is 24.0 Å². The molecule has 4 saturated carbocycles. The molecule has 0 aromatic carbocycles. The van der Waals surface area contributed by atoms with Crippen LogP contribution in [0.4, 0.5) is 0 Å². The van der Waals surface area contributed by atoms with Crippen LogP contribution in [0.15, 0.2) is 0 Å². The Bertz CT molecular complexity index is 646. The summed E-state index contributed by atoms with van der Waals surface area (Å²) >= 11 is 0. The van der Waals surface area contributed by atoms with E-state index in [1.807, 2.05) is 13.8 Å². The van der Waals surface area contributed by atoms with Gasteiger partial charge in [0.15, 0.2) is 0 Å². The highest BCUT2D eigenvalue weighted by Crippen LogP contribution is 2.72. The largest absolute Gasteiger partial charge is 0.481 e. The van der Waals surface area contributed by atoms with Crippen LogP contribution < -0.4 is 0 Å². The van der Waals surface area contributed by atoms with Crippen LogP contribution in [0.1, 0.15) is 65.7 Å². The number of carboxylic acids is 1. The van der Waals surface area contributed by atoms with Gasteiger partial charge in [0, 0.05) is 17.3 Å². The summed E-state index contributed by atoms with van der Waals surface area (Å²) in [6.45, 7) is 5.61. The number of hydrogen-bond acceptors (Lipinski definition) is 4. The maximum absolute atomic E-state index is 13.2. The van der Waals surface area contributed by atoms with E-state index in [0.29, 0.717) is 32.1 Å². The van der Waals surface area contributed by atoms with Crippen LogP contribution in [0.2, 0.25) is 0 Å². The Hall–Kier alpha value is -0.940. The Morgan fingerprint density at radius 2 is 1.84 bits per heavy atom. The molecule has 140 valence electrons. The lowest BCUT2D eigenvalue weighted by atomic mass is 9.38. The van der Waals surface area contributed by atoms with Gasteiger partial charge in [-0.15, -0.1) is 0 Å². The minimum atomic E-state index is -1.21. The number of carbonyl (C=O) groups excluding carboxylic acids is 1. The monoisotopic (exact) mass is 350 g/mol.